The highest BCUT2D eigenvalue weighted by molar-refractivity contribution is 7.79. The van der Waals surface area contributed by atoms with E-state index < -0.39 is 7.14 Å². The zero-order chi connectivity index (χ0) is 16.1. The minimum absolute atomic E-state index is 0.787. The summed E-state index contributed by atoms with van der Waals surface area (Å²) in [5, 5.41) is 5.46. The van der Waals surface area contributed by atoms with Gasteiger partial charge in [-0.2, -0.15) is 0 Å². The molecule has 0 radical (unpaired) electrons. The molecule has 0 bridgehead atoms. The third kappa shape index (κ3) is 3.38. The number of rotatable bonds is 7. The molecule has 3 rings (SSSR count). The topological polar surface area (TPSA) is 29.1 Å². The third-order valence-electron chi connectivity index (χ3n) is 4.68. The highest BCUT2D eigenvalue weighted by Gasteiger charge is 2.34. The number of fused-ring (bicyclic) bond motifs is 2. The van der Waals surface area contributed by atoms with Crippen molar-refractivity contribution in [1.29, 1.82) is 0 Å². The van der Waals surface area contributed by atoms with Gasteiger partial charge in [0.2, 0.25) is 0 Å². The first-order chi connectivity index (χ1) is 11.3. The molecule has 0 aliphatic carbocycles. The monoisotopic (exact) mass is 327 g/mol. The summed E-state index contributed by atoms with van der Waals surface area (Å²) >= 11 is 0. The van der Waals surface area contributed by atoms with Crippen molar-refractivity contribution >= 4 is 29.1 Å². The molecular formula is C20H26NOP. The van der Waals surface area contributed by atoms with E-state index in [1.54, 1.807) is 0 Å². The highest BCUT2D eigenvalue weighted by Crippen LogP contribution is 2.51. The van der Waals surface area contributed by atoms with Gasteiger partial charge in [-0.25, -0.2) is 0 Å². The van der Waals surface area contributed by atoms with Crippen LogP contribution in [0.5, 0.6) is 0 Å². The van der Waals surface area contributed by atoms with Crippen LogP contribution in [0.2, 0.25) is 0 Å². The second kappa shape index (κ2) is 7.36. The molecule has 0 aromatic heterocycles. The zero-order valence-electron chi connectivity index (χ0n) is 13.9. The largest absolute Gasteiger partial charge is 0.354 e. The highest BCUT2D eigenvalue weighted by atomic mass is 31.2. The van der Waals surface area contributed by atoms with E-state index in [1.165, 1.54) is 32.1 Å². The Labute approximate surface area is 139 Å². The maximum Gasteiger partial charge on any atom is 0.147 e. The fourth-order valence-electron chi connectivity index (χ4n) is 3.42. The minimum Gasteiger partial charge on any atom is -0.354 e. The van der Waals surface area contributed by atoms with Crippen LogP contribution in [-0.2, 0) is 4.57 Å². The van der Waals surface area contributed by atoms with Crippen LogP contribution in [0.4, 0.5) is 11.4 Å². The van der Waals surface area contributed by atoms with Crippen LogP contribution in [0.1, 0.15) is 45.4 Å². The summed E-state index contributed by atoms with van der Waals surface area (Å²) in [5.41, 5.74) is 2.03. The van der Waals surface area contributed by atoms with Gasteiger partial charge in [0.15, 0.2) is 0 Å². The summed E-state index contributed by atoms with van der Waals surface area (Å²) < 4.78 is 13.9. The van der Waals surface area contributed by atoms with E-state index in [-0.39, 0.29) is 0 Å². The number of benzene rings is 2. The van der Waals surface area contributed by atoms with Crippen LogP contribution in [0, 0.1) is 0 Å². The molecule has 0 saturated heterocycles. The van der Waals surface area contributed by atoms with Gasteiger partial charge in [-0.3, -0.25) is 0 Å². The predicted octanol–water partition coefficient (Wildman–Crippen LogP) is 5.42. The quantitative estimate of drug-likeness (QED) is 0.543. The van der Waals surface area contributed by atoms with Gasteiger partial charge < -0.3 is 9.88 Å². The molecular weight excluding hydrogens is 301 g/mol. The fourth-order valence-corrected chi connectivity index (χ4v) is 6.52. The second-order valence-corrected chi connectivity index (χ2v) is 9.28. The first-order valence-electron chi connectivity index (χ1n) is 8.81. The molecule has 1 heterocycles. The first kappa shape index (κ1) is 16.3. The summed E-state index contributed by atoms with van der Waals surface area (Å²) in [4.78, 5) is 0. The maximum absolute atomic E-state index is 13.9. The van der Waals surface area contributed by atoms with Crippen molar-refractivity contribution in [2.45, 2.75) is 45.4 Å². The summed E-state index contributed by atoms with van der Waals surface area (Å²) in [7, 11) is -2.51. The van der Waals surface area contributed by atoms with Gasteiger partial charge in [-0.05, 0) is 30.7 Å². The van der Waals surface area contributed by atoms with Crippen LogP contribution in [0.3, 0.4) is 0 Å². The maximum atomic E-state index is 13.9. The lowest BCUT2D eigenvalue weighted by Gasteiger charge is -2.29. The molecule has 23 heavy (non-hydrogen) atoms. The Kier molecular flexibility index (Phi) is 5.23. The van der Waals surface area contributed by atoms with Crippen molar-refractivity contribution in [2.24, 2.45) is 0 Å². The lowest BCUT2D eigenvalue weighted by Crippen LogP contribution is -2.28. The lowest BCUT2D eigenvalue weighted by molar-refractivity contribution is 0.580. The molecule has 0 atom stereocenters. The molecule has 1 aliphatic heterocycles. The number of nitrogens with one attached hydrogen (secondary N) is 1. The standard InChI is InChI=1S/C20H26NOP/c1-2-3-4-5-6-11-16-23(22)19-14-9-7-12-17(19)21-18-13-8-10-15-20(18)23/h7-10,12-15,21H,2-6,11,16H2,1H3. The zero-order valence-corrected chi connectivity index (χ0v) is 14.8. The number of unbranched alkanes of at least 4 members (excludes halogenated alkanes) is 5. The summed E-state index contributed by atoms with van der Waals surface area (Å²) in [6.07, 6.45) is 8.16. The Morgan fingerprint density at radius 3 is 1.91 bits per heavy atom. The van der Waals surface area contributed by atoms with Gasteiger partial charge in [0.25, 0.3) is 0 Å². The first-order valence-corrected chi connectivity index (χ1v) is 10.7. The van der Waals surface area contributed by atoms with Crippen molar-refractivity contribution in [3.63, 3.8) is 0 Å². The molecule has 0 fully saturated rings. The van der Waals surface area contributed by atoms with E-state index in [2.05, 4.69) is 12.2 Å². The Morgan fingerprint density at radius 2 is 1.30 bits per heavy atom. The summed E-state index contributed by atoms with van der Waals surface area (Å²) in [6.45, 7) is 2.24. The Hall–Kier alpha value is -1.53. The SMILES string of the molecule is CCCCCCCCP1(=O)c2ccccc2Nc2ccccc21. The normalized spacial score (nSPS) is 14.7. The molecule has 0 spiro atoms. The van der Waals surface area contributed by atoms with Gasteiger partial charge in [0.1, 0.15) is 7.14 Å². The molecule has 0 saturated carbocycles. The minimum atomic E-state index is -2.51. The summed E-state index contributed by atoms with van der Waals surface area (Å²) in [5.74, 6) is 0. The number of hydrogen-bond acceptors (Lipinski definition) is 2. The second-order valence-electron chi connectivity index (χ2n) is 6.39. The molecule has 2 aromatic carbocycles. The molecule has 3 heteroatoms. The van der Waals surface area contributed by atoms with Gasteiger partial charge in [0, 0.05) is 28.1 Å². The molecule has 2 aromatic rings. The average molecular weight is 327 g/mol. The van der Waals surface area contributed by atoms with Gasteiger partial charge in [0.05, 0.1) is 0 Å². The van der Waals surface area contributed by atoms with Crippen molar-refractivity contribution in [2.75, 3.05) is 11.5 Å². The van der Waals surface area contributed by atoms with Crippen molar-refractivity contribution < 1.29 is 4.57 Å². The van der Waals surface area contributed by atoms with Crippen LogP contribution in [0.25, 0.3) is 0 Å². The average Bonchev–Trinajstić information content (AvgIpc) is 2.58. The van der Waals surface area contributed by atoms with E-state index in [4.69, 9.17) is 0 Å². The molecule has 0 amide bonds. The number of para-hydroxylation sites is 2. The third-order valence-corrected chi connectivity index (χ3v) is 7.96. The lowest BCUT2D eigenvalue weighted by atomic mass is 10.1. The Balaban J connectivity index is 1.81. The van der Waals surface area contributed by atoms with E-state index in [0.717, 1.165) is 34.6 Å². The Morgan fingerprint density at radius 1 is 0.783 bits per heavy atom. The van der Waals surface area contributed by atoms with E-state index in [1.807, 2.05) is 48.5 Å². The van der Waals surface area contributed by atoms with Crippen LogP contribution in [-0.4, -0.2) is 6.16 Å². The molecule has 1 N–H and O–H groups in total. The van der Waals surface area contributed by atoms with Crippen LogP contribution in [0.15, 0.2) is 48.5 Å². The summed E-state index contributed by atoms with van der Waals surface area (Å²) in [6, 6.07) is 16.2. The molecule has 1 aliphatic rings. The van der Waals surface area contributed by atoms with Crippen molar-refractivity contribution in [3.05, 3.63) is 48.5 Å². The van der Waals surface area contributed by atoms with E-state index in [9.17, 15) is 4.57 Å². The van der Waals surface area contributed by atoms with Gasteiger partial charge in [-0.15, -0.1) is 0 Å². The van der Waals surface area contributed by atoms with E-state index in [0.29, 0.717) is 0 Å². The smallest absolute Gasteiger partial charge is 0.147 e. The van der Waals surface area contributed by atoms with Crippen LogP contribution < -0.4 is 15.9 Å². The Bertz CT molecular complexity index is 661. The number of hydrogen-bond donors (Lipinski definition) is 1. The van der Waals surface area contributed by atoms with Gasteiger partial charge >= 0.3 is 0 Å². The molecule has 122 valence electrons. The van der Waals surface area contributed by atoms with Crippen molar-refractivity contribution in [3.8, 4) is 0 Å². The molecule has 0 unspecified atom stereocenters. The molecule has 2 nitrogen and oxygen atoms in total. The number of anilines is 2. The fraction of sp³-hybridized carbons (Fsp3) is 0.400. The van der Waals surface area contributed by atoms with Crippen molar-refractivity contribution in [1.82, 2.24) is 0 Å². The van der Waals surface area contributed by atoms with Crippen LogP contribution >= 0.6 is 7.14 Å². The predicted molar refractivity (Wildman–Crippen MR) is 101 cm³/mol. The van der Waals surface area contributed by atoms with Gasteiger partial charge in [-0.1, -0.05) is 63.3 Å². The van der Waals surface area contributed by atoms with E-state index >= 15 is 0 Å².